The lowest BCUT2D eigenvalue weighted by Crippen LogP contribution is -2.42. The minimum absolute atomic E-state index is 0.204. The molecule has 1 aliphatic heterocycles. The van der Waals surface area contributed by atoms with Crippen LogP contribution in [0.3, 0.4) is 0 Å². The molecule has 22 heavy (non-hydrogen) atoms. The zero-order valence-electron chi connectivity index (χ0n) is 12.3. The van der Waals surface area contributed by atoms with E-state index in [4.69, 9.17) is 0 Å². The Morgan fingerprint density at radius 1 is 1.45 bits per heavy atom. The fraction of sp³-hybridized carbons (Fsp3) is 0.462. The van der Waals surface area contributed by atoms with Gasteiger partial charge in [0.05, 0.1) is 18.1 Å². The molecule has 0 aromatic carbocycles. The van der Waals surface area contributed by atoms with Crippen molar-refractivity contribution < 1.29 is 18.2 Å². The number of amides is 3. The molecule has 1 fully saturated rings. The summed E-state index contributed by atoms with van der Waals surface area (Å²) in [5, 5.41) is 2.49. The molecule has 1 aromatic heterocycles. The van der Waals surface area contributed by atoms with Gasteiger partial charge in [-0.05, 0) is 12.8 Å². The Bertz CT molecular complexity index is 707. The van der Waals surface area contributed by atoms with Crippen molar-refractivity contribution in [2.45, 2.75) is 18.9 Å². The van der Waals surface area contributed by atoms with Gasteiger partial charge < -0.3 is 10.2 Å². The number of hydrogen-bond donors (Lipinski definition) is 1. The maximum absolute atomic E-state index is 13.1. The van der Waals surface area contributed by atoms with Crippen molar-refractivity contribution in [2.24, 2.45) is 4.36 Å². The fourth-order valence-electron chi connectivity index (χ4n) is 2.22. The molecular weight excluding hydrogens is 311 g/mol. The highest BCUT2D eigenvalue weighted by molar-refractivity contribution is 7.92. The Kier molecular flexibility index (Phi) is 4.74. The molecule has 0 spiro atoms. The Balaban J connectivity index is 2.12. The average molecular weight is 328 g/mol. The van der Waals surface area contributed by atoms with E-state index in [1.165, 1.54) is 23.6 Å². The van der Waals surface area contributed by atoms with Crippen LogP contribution in [0.5, 0.6) is 0 Å². The zero-order valence-corrected chi connectivity index (χ0v) is 13.1. The van der Waals surface area contributed by atoms with Gasteiger partial charge in [-0.15, -0.1) is 0 Å². The van der Waals surface area contributed by atoms with Crippen molar-refractivity contribution in [2.75, 3.05) is 24.4 Å². The van der Waals surface area contributed by atoms with Crippen LogP contribution in [0.15, 0.2) is 22.8 Å². The summed E-state index contributed by atoms with van der Waals surface area (Å²) < 4.78 is 28.3. The van der Waals surface area contributed by atoms with Crippen LogP contribution in [0.25, 0.3) is 0 Å². The predicted molar refractivity (Wildman–Crippen MR) is 80.4 cm³/mol. The largest absolute Gasteiger partial charge is 0.322 e. The van der Waals surface area contributed by atoms with E-state index in [1.807, 2.05) is 0 Å². The summed E-state index contributed by atoms with van der Waals surface area (Å²) in [5.41, 5.74) is 0.204. The van der Waals surface area contributed by atoms with Crippen molar-refractivity contribution in [1.29, 1.82) is 0 Å². The van der Waals surface area contributed by atoms with Crippen molar-refractivity contribution in [3.05, 3.63) is 24.3 Å². The van der Waals surface area contributed by atoms with Crippen LogP contribution in [-0.4, -0.2) is 51.1 Å². The highest BCUT2D eigenvalue weighted by atomic mass is 32.2. The number of nitrogens with zero attached hydrogens (tertiary/aromatic N) is 3. The number of anilines is 1. The van der Waals surface area contributed by atoms with Gasteiger partial charge in [-0.1, -0.05) is 0 Å². The van der Waals surface area contributed by atoms with Crippen LogP contribution in [-0.2, 0) is 14.5 Å². The molecule has 3 amide bonds. The van der Waals surface area contributed by atoms with Crippen LogP contribution in [0.4, 0.5) is 14.9 Å². The molecule has 1 atom stereocenters. The van der Waals surface area contributed by atoms with E-state index in [1.54, 1.807) is 0 Å². The Hall–Kier alpha value is -2.03. The summed E-state index contributed by atoms with van der Waals surface area (Å²) in [4.78, 5) is 29.2. The quantitative estimate of drug-likeness (QED) is 0.890. The number of hydrogen-bond acceptors (Lipinski definition) is 4. The molecule has 0 bridgehead atoms. The van der Waals surface area contributed by atoms with Gasteiger partial charge in [-0.25, -0.2) is 13.4 Å². The molecule has 0 radical (unpaired) electrons. The molecule has 2 heterocycles. The lowest BCUT2D eigenvalue weighted by Gasteiger charge is -2.22. The summed E-state index contributed by atoms with van der Waals surface area (Å²) >= 11 is 0. The first-order valence-corrected chi connectivity index (χ1v) is 8.98. The second-order valence-electron chi connectivity index (χ2n) is 5.28. The Morgan fingerprint density at radius 2 is 2.18 bits per heavy atom. The molecule has 120 valence electrons. The first-order chi connectivity index (χ1) is 10.3. The number of aromatic nitrogens is 1. The summed E-state index contributed by atoms with van der Waals surface area (Å²) in [6.45, 7) is 0.384. The van der Waals surface area contributed by atoms with Gasteiger partial charge in [0.15, 0.2) is 0 Å². The number of likely N-dealkylation sites (tertiary alicyclic amines) is 1. The van der Waals surface area contributed by atoms with Gasteiger partial charge in [0.1, 0.15) is 11.9 Å². The van der Waals surface area contributed by atoms with Crippen LogP contribution in [0, 0.1) is 5.82 Å². The van der Waals surface area contributed by atoms with Crippen LogP contribution >= 0.6 is 0 Å². The maximum Gasteiger partial charge on any atom is 0.322 e. The number of carbonyl (C=O) groups is 2. The number of carbonyl (C=O) groups excluding carboxylic acids is 2. The SMILES string of the molecule is CS(C)(=O)=NC(=O)[C@@H]1CCCN1C(=O)Nc1cncc(F)c1. The molecule has 9 heteroatoms. The van der Waals surface area contributed by atoms with Crippen molar-refractivity contribution in [3.8, 4) is 0 Å². The molecule has 7 nitrogen and oxygen atoms in total. The summed E-state index contributed by atoms with van der Waals surface area (Å²) in [7, 11) is -2.57. The number of pyridine rings is 1. The first-order valence-electron chi connectivity index (χ1n) is 6.65. The van der Waals surface area contributed by atoms with E-state index in [0.717, 1.165) is 12.3 Å². The van der Waals surface area contributed by atoms with Crippen molar-refractivity contribution >= 4 is 27.4 Å². The van der Waals surface area contributed by atoms with E-state index in [2.05, 4.69) is 14.7 Å². The molecule has 0 saturated carbocycles. The van der Waals surface area contributed by atoms with Gasteiger partial charge in [0.25, 0.3) is 5.91 Å². The standard InChI is InChI=1S/C13H17FN4O3S/c1-22(2,21)17-12(19)11-4-3-5-18(11)13(20)16-10-6-9(14)7-15-8-10/h6-8,11H,3-5H2,1-2H3,(H,16,20)/t11-/m0/s1. The number of halogens is 1. The second kappa shape index (κ2) is 6.39. The molecule has 2 rings (SSSR count). The van der Waals surface area contributed by atoms with Gasteiger partial charge in [0, 0.05) is 34.9 Å². The lowest BCUT2D eigenvalue weighted by atomic mass is 10.2. The van der Waals surface area contributed by atoms with Crippen LogP contribution < -0.4 is 5.32 Å². The minimum atomic E-state index is -2.57. The fourth-order valence-corrected chi connectivity index (χ4v) is 2.77. The van der Waals surface area contributed by atoms with E-state index >= 15 is 0 Å². The monoisotopic (exact) mass is 328 g/mol. The molecule has 0 aliphatic carbocycles. The molecule has 1 aliphatic rings. The third-order valence-corrected chi connectivity index (χ3v) is 3.68. The second-order valence-corrected chi connectivity index (χ2v) is 7.83. The third kappa shape index (κ3) is 4.23. The third-order valence-electron chi connectivity index (χ3n) is 3.06. The van der Waals surface area contributed by atoms with E-state index in [-0.39, 0.29) is 5.69 Å². The van der Waals surface area contributed by atoms with Gasteiger partial charge in [-0.2, -0.15) is 4.36 Å². The highest BCUT2D eigenvalue weighted by Crippen LogP contribution is 2.20. The molecular formula is C13H17FN4O3S. The van der Waals surface area contributed by atoms with Gasteiger partial charge in [0.2, 0.25) is 0 Å². The van der Waals surface area contributed by atoms with Crippen molar-refractivity contribution in [1.82, 2.24) is 9.88 Å². The average Bonchev–Trinajstić information content (AvgIpc) is 2.85. The van der Waals surface area contributed by atoms with Gasteiger partial charge >= 0.3 is 6.03 Å². The van der Waals surface area contributed by atoms with Gasteiger partial charge in [-0.3, -0.25) is 9.78 Å². The zero-order chi connectivity index (χ0) is 16.3. The summed E-state index contributed by atoms with van der Waals surface area (Å²) in [6.07, 6.45) is 6.17. The molecule has 1 saturated heterocycles. The maximum atomic E-state index is 13.1. The number of rotatable bonds is 2. The molecule has 1 N–H and O–H groups in total. The first kappa shape index (κ1) is 16.3. The summed E-state index contributed by atoms with van der Waals surface area (Å²) in [6, 6.07) is -0.132. The van der Waals surface area contributed by atoms with Crippen LogP contribution in [0.2, 0.25) is 0 Å². The Morgan fingerprint density at radius 3 is 2.82 bits per heavy atom. The van der Waals surface area contributed by atoms with Crippen molar-refractivity contribution in [3.63, 3.8) is 0 Å². The van der Waals surface area contributed by atoms with E-state index in [0.29, 0.717) is 19.4 Å². The smallest absolute Gasteiger partial charge is 0.312 e. The molecule has 1 aromatic rings. The number of urea groups is 1. The highest BCUT2D eigenvalue weighted by Gasteiger charge is 2.34. The normalized spacial score (nSPS) is 18.1. The van der Waals surface area contributed by atoms with E-state index < -0.39 is 33.5 Å². The van der Waals surface area contributed by atoms with Crippen LogP contribution in [0.1, 0.15) is 12.8 Å². The Labute approximate surface area is 128 Å². The summed E-state index contributed by atoms with van der Waals surface area (Å²) in [5.74, 6) is -1.14. The van der Waals surface area contributed by atoms with E-state index in [9.17, 15) is 18.2 Å². The number of nitrogens with one attached hydrogen (secondary N) is 1. The molecule has 0 unspecified atom stereocenters. The minimum Gasteiger partial charge on any atom is -0.312 e. The predicted octanol–water partition coefficient (Wildman–Crippen LogP) is 1.47. The topological polar surface area (TPSA) is 91.7 Å². The lowest BCUT2D eigenvalue weighted by molar-refractivity contribution is -0.121.